The van der Waals surface area contributed by atoms with Crippen LogP contribution in [0.5, 0.6) is 0 Å². The largest absolute Gasteiger partial charge is 0.492 e. The van der Waals surface area contributed by atoms with Crippen LogP contribution in [0.2, 0.25) is 0 Å². The van der Waals surface area contributed by atoms with Crippen molar-refractivity contribution < 1.29 is 35.3 Å². The average molecular weight is 576 g/mol. The molecule has 2 fully saturated rings. The Morgan fingerprint density at radius 1 is 0.846 bits per heavy atom. The number of anilines is 2. The molecule has 212 valence electrons. The maximum absolute atomic E-state index is 14.3. The third-order valence-corrected chi connectivity index (χ3v) is 8.50. The highest BCUT2D eigenvalue weighted by molar-refractivity contribution is 8.05. The number of alkyl halides is 6. The smallest absolute Gasteiger partial charge is 0.388 e. The summed E-state index contributed by atoms with van der Waals surface area (Å²) in [4.78, 5) is 19.9. The Labute approximate surface area is 223 Å². The second-order valence-corrected chi connectivity index (χ2v) is 11.0. The van der Waals surface area contributed by atoms with Crippen LogP contribution in [0.4, 0.5) is 43.4 Å². The Morgan fingerprint density at radius 2 is 1.49 bits per heavy atom. The number of fused-ring (bicyclic) bond motifs is 2. The first-order valence-corrected chi connectivity index (χ1v) is 13.7. The molecular formula is C25H27F6N5O2S. The molecule has 0 spiro atoms. The molecule has 1 unspecified atom stereocenters. The van der Waals surface area contributed by atoms with Gasteiger partial charge in [-0.25, -0.2) is 9.79 Å². The fourth-order valence-corrected chi connectivity index (χ4v) is 6.60. The van der Waals surface area contributed by atoms with Gasteiger partial charge in [0.05, 0.1) is 26.0 Å². The van der Waals surface area contributed by atoms with E-state index in [1.807, 2.05) is 4.90 Å². The van der Waals surface area contributed by atoms with E-state index in [2.05, 4.69) is 15.6 Å². The van der Waals surface area contributed by atoms with Gasteiger partial charge in [0.15, 0.2) is 0 Å². The number of hydrogen-bond acceptors (Lipinski definition) is 7. The number of carbonyl (C=O) groups excluding carboxylic acids is 1. The molecule has 3 heterocycles. The summed E-state index contributed by atoms with van der Waals surface area (Å²) < 4.78 is 88.1. The molecule has 0 amide bonds. The Hall–Kier alpha value is -2.84. The number of nitrogens with one attached hydrogen (secondary N) is 2. The second kappa shape index (κ2) is 11.0. The van der Waals surface area contributed by atoms with Crippen molar-refractivity contribution in [3.8, 4) is 0 Å². The molecule has 2 aromatic carbocycles. The summed E-state index contributed by atoms with van der Waals surface area (Å²) >= 11 is 0. The molecule has 0 saturated carbocycles. The molecule has 2 N–H and O–H groups in total. The summed E-state index contributed by atoms with van der Waals surface area (Å²) in [6.45, 7) is 4.92. The maximum atomic E-state index is 14.3. The van der Waals surface area contributed by atoms with Crippen molar-refractivity contribution >= 4 is 33.8 Å². The van der Waals surface area contributed by atoms with E-state index in [0.29, 0.717) is 57.9 Å². The van der Waals surface area contributed by atoms with Gasteiger partial charge < -0.3 is 24.6 Å². The third kappa shape index (κ3) is 6.02. The predicted octanol–water partition coefficient (Wildman–Crippen LogP) is 4.17. The van der Waals surface area contributed by atoms with Gasteiger partial charge in [-0.05, 0) is 56.3 Å². The van der Waals surface area contributed by atoms with Crippen LogP contribution in [-0.4, -0.2) is 64.5 Å². The number of halogens is 6. The van der Waals surface area contributed by atoms with Gasteiger partial charge in [-0.1, -0.05) is 0 Å². The molecule has 3 aliphatic heterocycles. The monoisotopic (exact) mass is 575 g/mol. The lowest BCUT2D eigenvalue weighted by molar-refractivity contribution is -0.188. The van der Waals surface area contributed by atoms with Crippen LogP contribution in [0.15, 0.2) is 40.2 Å². The summed E-state index contributed by atoms with van der Waals surface area (Å²) in [5.41, 5.74) is -0.751. The molecule has 2 aromatic rings. The molecule has 0 aromatic heterocycles. The normalized spacial score (nSPS) is 20.3. The lowest BCUT2D eigenvalue weighted by Gasteiger charge is -2.27. The minimum Gasteiger partial charge on any atom is -0.388 e. The molecule has 1 atom stereocenters. The summed E-state index contributed by atoms with van der Waals surface area (Å²) in [6, 6.07) is 7.09. The van der Waals surface area contributed by atoms with E-state index in [0.717, 1.165) is 19.0 Å². The van der Waals surface area contributed by atoms with E-state index in [1.54, 1.807) is 17.0 Å². The van der Waals surface area contributed by atoms with E-state index in [1.165, 1.54) is 12.1 Å². The average Bonchev–Trinajstić information content (AvgIpc) is 3.32. The van der Waals surface area contributed by atoms with E-state index < -0.39 is 40.3 Å². The van der Waals surface area contributed by atoms with Crippen LogP contribution in [0, 0.1) is 4.51 Å². The molecule has 2 saturated heterocycles. The number of hydrogen-bond donors (Lipinski definition) is 2. The Balaban J connectivity index is 1.73. The molecule has 0 bridgehead atoms. The third-order valence-electron chi connectivity index (χ3n) is 6.74. The van der Waals surface area contributed by atoms with Gasteiger partial charge >= 0.3 is 18.3 Å². The van der Waals surface area contributed by atoms with Crippen LogP contribution in [0.3, 0.4) is 0 Å². The van der Waals surface area contributed by atoms with Crippen molar-refractivity contribution in [3.05, 3.63) is 45.8 Å². The second-order valence-electron chi connectivity index (χ2n) is 9.42. The highest BCUT2D eigenvalue weighted by Crippen LogP contribution is 2.49. The van der Waals surface area contributed by atoms with Gasteiger partial charge in [-0.2, -0.15) is 26.3 Å². The molecular weight excluding hydrogens is 548 g/mol. The number of nitrogens with zero attached hydrogens (tertiary/aromatic N) is 3. The fourth-order valence-electron chi connectivity index (χ4n) is 4.85. The van der Waals surface area contributed by atoms with Crippen LogP contribution in [0.1, 0.15) is 18.4 Å². The molecule has 0 radical (unpaired) electrons. The fraction of sp³-hybridized carbons (Fsp3) is 0.480. The number of benzene rings is 2. The molecule has 39 heavy (non-hydrogen) atoms. The van der Waals surface area contributed by atoms with Gasteiger partial charge in [0.25, 0.3) is 0 Å². The first kappa shape index (κ1) is 27.7. The van der Waals surface area contributed by atoms with Gasteiger partial charge in [0.1, 0.15) is 0 Å². The van der Waals surface area contributed by atoms with Crippen LogP contribution < -0.4 is 25.8 Å². The molecule has 7 nitrogen and oxygen atoms in total. The van der Waals surface area contributed by atoms with Crippen molar-refractivity contribution in [1.82, 2.24) is 10.6 Å². The molecule has 0 aliphatic carbocycles. The van der Waals surface area contributed by atoms with Crippen molar-refractivity contribution in [3.63, 3.8) is 0 Å². The topological polar surface area (TPSA) is 69.2 Å². The highest BCUT2D eigenvalue weighted by Gasteiger charge is 2.43. The lowest BCUT2D eigenvalue weighted by atomic mass is 10.1. The number of rotatable bonds is 3. The van der Waals surface area contributed by atoms with Crippen LogP contribution in [-0.2, 0) is 15.2 Å². The summed E-state index contributed by atoms with van der Waals surface area (Å²) in [7, 11) is -2.10. The minimum absolute atomic E-state index is 0.0368. The van der Waals surface area contributed by atoms with Crippen molar-refractivity contribution in [2.24, 2.45) is 4.99 Å². The molecule has 5 rings (SSSR count). The van der Waals surface area contributed by atoms with Gasteiger partial charge in [0.2, 0.25) is 0 Å². The van der Waals surface area contributed by atoms with Gasteiger partial charge in [-0.3, -0.25) is 0 Å². The quantitative estimate of drug-likeness (QED) is 0.423. The SMILES string of the molecule is O=C(OS1=c2cc(N3CCCNCC3)ccc2=Nc2c1cc(N1CCCNCC1)cc2C(F)(F)F)C(F)(F)F. The Kier molecular flexibility index (Phi) is 7.80. The molecule has 14 heteroatoms. The summed E-state index contributed by atoms with van der Waals surface area (Å²) in [5, 5.41) is 6.48. The van der Waals surface area contributed by atoms with Crippen molar-refractivity contribution in [1.29, 1.82) is 0 Å². The first-order valence-electron chi connectivity index (χ1n) is 12.6. The minimum atomic E-state index is -5.32. The lowest BCUT2D eigenvalue weighted by Crippen LogP contribution is -2.29. The molecule has 3 aliphatic rings. The van der Waals surface area contributed by atoms with E-state index in [-0.39, 0.29) is 20.5 Å². The zero-order valence-electron chi connectivity index (χ0n) is 20.8. The summed E-state index contributed by atoms with van der Waals surface area (Å²) in [6.07, 6.45) is -8.65. The van der Waals surface area contributed by atoms with Crippen molar-refractivity contribution in [2.45, 2.75) is 30.1 Å². The Bertz CT molecular complexity index is 1360. The van der Waals surface area contributed by atoms with Crippen LogP contribution in [0.25, 0.3) is 0 Å². The standard InChI is InChI=1S/C25H27F6N5O2S/c26-24(27,28)18-13-17(36-10-2-6-33-8-12-36)15-21-22(18)34-19-4-3-16(35-9-1-5-32-7-11-35)14-20(19)39(21)38-23(37)25(29,30)31/h3-4,13-15,32-33H,1-2,5-12H2. The maximum Gasteiger partial charge on any atom is 0.492 e. The zero-order valence-corrected chi connectivity index (χ0v) is 21.6. The van der Waals surface area contributed by atoms with Gasteiger partial charge in [0, 0.05) is 61.4 Å². The summed E-state index contributed by atoms with van der Waals surface area (Å²) in [5.74, 6) is -2.47. The highest BCUT2D eigenvalue weighted by atomic mass is 32.2. The first-order chi connectivity index (χ1) is 18.5. The Morgan fingerprint density at radius 3 is 2.10 bits per heavy atom. The zero-order chi connectivity index (χ0) is 27.8. The van der Waals surface area contributed by atoms with E-state index in [4.69, 9.17) is 4.18 Å². The van der Waals surface area contributed by atoms with E-state index in [9.17, 15) is 31.1 Å². The van der Waals surface area contributed by atoms with E-state index >= 15 is 0 Å². The predicted molar refractivity (Wildman–Crippen MR) is 135 cm³/mol. The van der Waals surface area contributed by atoms with Crippen molar-refractivity contribution in [2.75, 3.05) is 62.2 Å². The van der Waals surface area contributed by atoms with Gasteiger partial charge in [-0.15, -0.1) is 0 Å². The number of carbonyl (C=O) groups is 1. The van der Waals surface area contributed by atoms with Crippen LogP contribution >= 0.6 is 10.8 Å².